The second-order valence-corrected chi connectivity index (χ2v) is 14.2. The molecule has 0 fully saturated rings. The van der Waals surface area contributed by atoms with Crippen LogP contribution in [0.25, 0.3) is 106 Å². The Morgan fingerprint density at radius 3 is 1.42 bits per heavy atom. The number of para-hydroxylation sites is 5. The van der Waals surface area contributed by atoms with Crippen LogP contribution in [0.15, 0.2) is 183 Å². The normalized spacial score (nSPS) is 11.9. The van der Waals surface area contributed by atoms with Gasteiger partial charge in [0.1, 0.15) is 0 Å². The topological polar surface area (TPSA) is 79.2 Å². The summed E-state index contributed by atoms with van der Waals surface area (Å²) in [6, 6.07) is 54.7. The van der Waals surface area contributed by atoms with Crippen molar-refractivity contribution in [1.82, 2.24) is 38.6 Å². The highest BCUT2D eigenvalue weighted by molar-refractivity contribution is 6.12. The molecular formula is C49H30N8. The molecule has 0 aliphatic carbocycles. The van der Waals surface area contributed by atoms with Crippen LogP contribution in [0.2, 0.25) is 0 Å². The van der Waals surface area contributed by atoms with Crippen molar-refractivity contribution in [2.75, 3.05) is 0 Å². The predicted octanol–water partition coefficient (Wildman–Crippen LogP) is 11.3. The second kappa shape index (κ2) is 12.3. The molecule has 0 aliphatic heterocycles. The lowest BCUT2D eigenvalue weighted by molar-refractivity contribution is 0.950. The number of nitrogens with zero attached hydrogens (tertiary/aromatic N) is 8. The minimum absolute atomic E-state index is 0.543. The van der Waals surface area contributed by atoms with Gasteiger partial charge < -0.3 is 9.13 Å². The van der Waals surface area contributed by atoms with E-state index in [2.05, 4.69) is 163 Å². The van der Waals surface area contributed by atoms with Gasteiger partial charge in [-0.25, -0.2) is 4.98 Å². The molecule has 0 spiro atoms. The molecule has 6 aromatic heterocycles. The molecular weight excluding hydrogens is 701 g/mol. The molecule has 266 valence electrons. The SMILES string of the molecule is c1ccc(-c2nc(-c3cccc(-n4c5ccccc5c5cnccc54)c3-n3c4ccccc4c4cnccc43)nc(-n3c4ccccc4c4ccccc43)n2)cc1. The first-order valence-electron chi connectivity index (χ1n) is 18.9. The molecule has 57 heavy (non-hydrogen) atoms. The van der Waals surface area contributed by atoms with Crippen molar-refractivity contribution in [3.63, 3.8) is 0 Å². The van der Waals surface area contributed by atoms with Crippen molar-refractivity contribution in [2.24, 2.45) is 0 Å². The number of pyridine rings is 2. The third-order valence-corrected chi connectivity index (χ3v) is 11.1. The molecule has 0 N–H and O–H groups in total. The summed E-state index contributed by atoms with van der Waals surface area (Å²) < 4.78 is 6.86. The van der Waals surface area contributed by atoms with Crippen LogP contribution in [0, 0.1) is 0 Å². The fourth-order valence-corrected chi connectivity index (χ4v) is 8.70. The number of hydrogen-bond acceptors (Lipinski definition) is 5. The van der Waals surface area contributed by atoms with Crippen LogP contribution in [0.1, 0.15) is 0 Å². The molecule has 0 radical (unpaired) electrons. The number of benzene rings is 6. The summed E-state index contributed by atoms with van der Waals surface area (Å²) in [4.78, 5) is 25.1. The van der Waals surface area contributed by atoms with E-state index in [1.165, 1.54) is 0 Å². The molecule has 8 nitrogen and oxygen atoms in total. The molecule has 0 amide bonds. The number of rotatable bonds is 5. The highest BCUT2D eigenvalue weighted by Gasteiger charge is 2.25. The molecule has 12 rings (SSSR count). The van der Waals surface area contributed by atoms with Crippen LogP contribution in [-0.2, 0) is 0 Å². The quantitative estimate of drug-likeness (QED) is 0.176. The maximum absolute atomic E-state index is 5.45. The van der Waals surface area contributed by atoms with Crippen molar-refractivity contribution in [1.29, 1.82) is 0 Å². The molecule has 0 atom stereocenters. The lowest BCUT2D eigenvalue weighted by Gasteiger charge is -2.20. The van der Waals surface area contributed by atoms with Gasteiger partial charge in [-0.3, -0.25) is 14.5 Å². The van der Waals surface area contributed by atoms with E-state index in [1.807, 2.05) is 43.0 Å². The zero-order chi connectivity index (χ0) is 37.5. The molecule has 0 bridgehead atoms. The molecule has 0 saturated carbocycles. The lowest BCUT2D eigenvalue weighted by Crippen LogP contribution is -2.10. The van der Waals surface area contributed by atoms with Gasteiger partial charge in [-0.15, -0.1) is 0 Å². The summed E-state index contributed by atoms with van der Waals surface area (Å²) in [6.07, 6.45) is 7.64. The van der Waals surface area contributed by atoms with Crippen LogP contribution >= 0.6 is 0 Å². The van der Waals surface area contributed by atoms with E-state index in [4.69, 9.17) is 15.0 Å². The van der Waals surface area contributed by atoms with Crippen molar-refractivity contribution in [3.8, 4) is 40.1 Å². The van der Waals surface area contributed by atoms with Gasteiger partial charge in [0.15, 0.2) is 11.6 Å². The zero-order valence-electron chi connectivity index (χ0n) is 30.4. The average molecular weight is 731 g/mol. The number of hydrogen-bond donors (Lipinski definition) is 0. The zero-order valence-corrected chi connectivity index (χ0v) is 30.4. The Kier molecular flexibility index (Phi) is 6.76. The van der Waals surface area contributed by atoms with Gasteiger partial charge >= 0.3 is 0 Å². The van der Waals surface area contributed by atoms with Gasteiger partial charge in [-0.1, -0.05) is 109 Å². The monoisotopic (exact) mass is 730 g/mol. The summed E-state index contributed by atoms with van der Waals surface area (Å²) in [6.45, 7) is 0. The van der Waals surface area contributed by atoms with E-state index < -0.39 is 0 Å². The van der Waals surface area contributed by atoms with Gasteiger partial charge in [0.25, 0.3) is 0 Å². The fourth-order valence-electron chi connectivity index (χ4n) is 8.70. The number of aromatic nitrogens is 8. The highest BCUT2D eigenvalue weighted by Crippen LogP contribution is 2.42. The van der Waals surface area contributed by atoms with Gasteiger partial charge in [0.2, 0.25) is 5.95 Å². The summed E-state index contributed by atoms with van der Waals surface area (Å²) >= 11 is 0. The third-order valence-electron chi connectivity index (χ3n) is 11.1. The van der Waals surface area contributed by atoms with E-state index in [-0.39, 0.29) is 0 Å². The molecule has 8 heteroatoms. The Bertz CT molecular complexity index is 3380. The first-order chi connectivity index (χ1) is 28.3. The first kappa shape index (κ1) is 31.4. The van der Waals surface area contributed by atoms with Crippen LogP contribution in [-0.4, -0.2) is 38.6 Å². The highest BCUT2D eigenvalue weighted by atomic mass is 15.2. The minimum Gasteiger partial charge on any atom is -0.307 e. The summed E-state index contributed by atoms with van der Waals surface area (Å²) in [5.41, 5.74) is 9.94. The predicted molar refractivity (Wildman–Crippen MR) is 229 cm³/mol. The lowest BCUT2D eigenvalue weighted by atomic mass is 10.1. The van der Waals surface area contributed by atoms with Crippen molar-refractivity contribution in [3.05, 3.63) is 183 Å². The summed E-state index contributed by atoms with van der Waals surface area (Å²) in [7, 11) is 0. The molecule has 6 aromatic carbocycles. The van der Waals surface area contributed by atoms with Crippen molar-refractivity contribution in [2.45, 2.75) is 0 Å². The average Bonchev–Trinajstić information content (AvgIpc) is 3.92. The van der Waals surface area contributed by atoms with Crippen LogP contribution in [0.5, 0.6) is 0 Å². The van der Waals surface area contributed by atoms with Crippen molar-refractivity contribution < 1.29 is 0 Å². The van der Waals surface area contributed by atoms with Crippen molar-refractivity contribution >= 4 is 65.4 Å². The standard InChI is InChI=1S/C49H30N8/c1-2-13-31(14-3-1)47-52-48(54-49(53-47)57-41-22-10-4-15-32(41)33-16-5-11-23-42(33)57)36-19-12-24-45(55-39-20-8-6-17-34(39)37-29-50-27-25-43(37)55)46(36)56-40-21-9-7-18-35(40)38-30-51-28-26-44(38)56/h1-30H. The van der Waals surface area contributed by atoms with Gasteiger partial charge in [-0.05, 0) is 48.5 Å². The first-order valence-corrected chi connectivity index (χ1v) is 18.9. The summed E-state index contributed by atoms with van der Waals surface area (Å²) in [5, 5.41) is 6.66. The Morgan fingerprint density at radius 2 is 0.807 bits per heavy atom. The molecule has 0 aliphatic rings. The van der Waals surface area contributed by atoms with Gasteiger partial charge in [0, 0.05) is 68.2 Å². The Balaban J connectivity index is 1.25. The maximum atomic E-state index is 5.45. The van der Waals surface area contributed by atoms with E-state index in [0.29, 0.717) is 17.6 Å². The molecule has 0 saturated heterocycles. The molecule has 6 heterocycles. The van der Waals surface area contributed by atoms with Gasteiger partial charge in [-0.2, -0.15) is 9.97 Å². The second-order valence-electron chi connectivity index (χ2n) is 14.2. The van der Waals surface area contributed by atoms with Gasteiger partial charge in [0.05, 0.1) is 44.5 Å². The van der Waals surface area contributed by atoms with E-state index in [9.17, 15) is 0 Å². The Labute approximate surface area is 325 Å². The van der Waals surface area contributed by atoms with E-state index in [0.717, 1.165) is 87.9 Å². The van der Waals surface area contributed by atoms with Crippen LogP contribution < -0.4 is 0 Å². The summed E-state index contributed by atoms with van der Waals surface area (Å²) in [5.74, 6) is 1.69. The molecule has 12 aromatic rings. The van der Waals surface area contributed by atoms with Crippen LogP contribution in [0.3, 0.4) is 0 Å². The largest absolute Gasteiger partial charge is 0.307 e. The minimum atomic E-state index is 0.543. The Hall–Kier alpha value is -7.97. The maximum Gasteiger partial charge on any atom is 0.238 e. The van der Waals surface area contributed by atoms with Crippen LogP contribution in [0.4, 0.5) is 0 Å². The van der Waals surface area contributed by atoms with E-state index in [1.54, 1.807) is 0 Å². The van der Waals surface area contributed by atoms with E-state index >= 15 is 0 Å². The Morgan fingerprint density at radius 1 is 0.333 bits per heavy atom. The smallest absolute Gasteiger partial charge is 0.238 e. The molecule has 0 unspecified atom stereocenters. The third kappa shape index (κ3) is 4.64. The fraction of sp³-hybridized carbons (Fsp3) is 0. The number of fused-ring (bicyclic) bond motifs is 9.